The Labute approximate surface area is 197 Å². The fourth-order valence-electron chi connectivity index (χ4n) is 3.19. The van der Waals surface area contributed by atoms with E-state index in [1.165, 1.54) is 6.07 Å². The average Bonchev–Trinajstić information content (AvgIpc) is 3.03. The lowest BCUT2D eigenvalue weighted by atomic mass is 10.1. The number of urea groups is 1. The second-order valence-corrected chi connectivity index (χ2v) is 15.6. The molecule has 1 heterocycles. The van der Waals surface area contributed by atoms with Crippen LogP contribution in [0.3, 0.4) is 0 Å². The lowest BCUT2D eigenvalue weighted by Crippen LogP contribution is -2.50. The number of nitrogens with zero attached hydrogens (tertiary/aromatic N) is 1. The summed E-state index contributed by atoms with van der Waals surface area (Å²) < 4.78 is 31.8. The van der Waals surface area contributed by atoms with Gasteiger partial charge >= 0.3 is 6.03 Å². The van der Waals surface area contributed by atoms with Crippen molar-refractivity contribution < 1.29 is 23.1 Å². The van der Waals surface area contributed by atoms with E-state index in [1.807, 2.05) is 13.8 Å². The number of nitrogens with one attached hydrogen (secondary N) is 1. The quantitative estimate of drug-likeness (QED) is 0.487. The first-order valence-electron chi connectivity index (χ1n) is 11.0. The van der Waals surface area contributed by atoms with Gasteiger partial charge in [0.25, 0.3) is 0 Å². The molecule has 0 aliphatic carbocycles. The zero-order valence-corrected chi connectivity index (χ0v) is 22.3. The van der Waals surface area contributed by atoms with Gasteiger partial charge in [0, 0.05) is 13.6 Å². The Hall–Kier alpha value is -1.19. The molecule has 2 unspecified atom stereocenters. The van der Waals surface area contributed by atoms with Crippen molar-refractivity contribution in [1.82, 2.24) is 10.2 Å². The van der Waals surface area contributed by atoms with E-state index in [2.05, 4.69) is 39.2 Å². The van der Waals surface area contributed by atoms with E-state index in [0.29, 0.717) is 25.2 Å². The second kappa shape index (κ2) is 10.4. The molecule has 1 aromatic rings. The Balaban J connectivity index is 2.08. The lowest BCUT2D eigenvalue weighted by Gasteiger charge is -2.39. The topological polar surface area (TPSA) is 60.0 Å². The summed E-state index contributed by atoms with van der Waals surface area (Å²) in [6.45, 7) is 15.7. The van der Waals surface area contributed by atoms with Crippen molar-refractivity contribution in [3.8, 4) is 0 Å². The molecule has 2 rings (SSSR count). The van der Waals surface area contributed by atoms with Crippen molar-refractivity contribution in [1.29, 1.82) is 0 Å². The van der Waals surface area contributed by atoms with E-state index in [4.69, 9.17) is 25.5 Å². The van der Waals surface area contributed by atoms with Gasteiger partial charge in [-0.3, -0.25) is 0 Å². The van der Waals surface area contributed by atoms with Crippen LogP contribution in [-0.2, 0) is 20.4 Å². The number of carbonyl (C=O) groups is 1. The molecule has 0 saturated carbocycles. The fraction of sp³-hybridized carbons (Fsp3) is 0.696. The monoisotopic (exact) mass is 488 g/mol. The van der Waals surface area contributed by atoms with Crippen molar-refractivity contribution in [3.63, 3.8) is 0 Å². The van der Waals surface area contributed by atoms with Crippen molar-refractivity contribution in [2.45, 2.75) is 83.6 Å². The summed E-state index contributed by atoms with van der Waals surface area (Å²) in [5.74, 6) is -1.14. The number of rotatable bonds is 8. The first-order chi connectivity index (χ1) is 14.6. The molecule has 1 aromatic carbocycles. The van der Waals surface area contributed by atoms with E-state index in [-0.39, 0.29) is 34.8 Å². The van der Waals surface area contributed by atoms with Crippen LogP contribution in [0.4, 0.5) is 9.18 Å². The molecule has 6 nitrogen and oxygen atoms in total. The largest absolute Gasteiger partial charge is 0.415 e. The average molecular weight is 489 g/mol. The molecule has 9 heteroatoms. The molecular formula is C23H38ClFN2O4Si. The van der Waals surface area contributed by atoms with Crippen LogP contribution in [0.2, 0.25) is 23.2 Å². The second-order valence-electron chi connectivity index (χ2n) is 10.4. The number of amides is 2. The van der Waals surface area contributed by atoms with E-state index in [0.717, 1.165) is 0 Å². The number of hydrogen-bond donors (Lipinski definition) is 1. The van der Waals surface area contributed by atoms with Crippen LogP contribution >= 0.6 is 11.6 Å². The molecule has 2 atom stereocenters. The molecule has 32 heavy (non-hydrogen) atoms. The molecule has 0 bridgehead atoms. The van der Waals surface area contributed by atoms with E-state index >= 15 is 0 Å². The van der Waals surface area contributed by atoms with Gasteiger partial charge in [-0.1, -0.05) is 44.5 Å². The van der Waals surface area contributed by atoms with Crippen LogP contribution in [0.1, 0.15) is 46.6 Å². The van der Waals surface area contributed by atoms with Crippen LogP contribution < -0.4 is 5.32 Å². The summed E-state index contributed by atoms with van der Waals surface area (Å²) in [6.07, 6.45) is 0.453. The molecule has 2 amide bonds. The van der Waals surface area contributed by atoms with Gasteiger partial charge in [-0.05, 0) is 50.0 Å². The number of benzene rings is 1. The highest BCUT2D eigenvalue weighted by Gasteiger charge is 2.40. The molecule has 1 saturated heterocycles. The van der Waals surface area contributed by atoms with Gasteiger partial charge < -0.3 is 24.1 Å². The third-order valence-corrected chi connectivity index (χ3v) is 11.3. The molecule has 0 aromatic heterocycles. The Morgan fingerprint density at radius 1 is 1.41 bits per heavy atom. The van der Waals surface area contributed by atoms with Crippen molar-refractivity contribution in [2.24, 2.45) is 0 Å². The molecule has 0 spiro atoms. The van der Waals surface area contributed by atoms with Gasteiger partial charge in [-0.15, -0.1) is 0 Å². The summed E-state index contributed by atoms with van der Waals surface area (Å²) in [7, 11) is -0.268. The summed E-state index contributed by atoms with van der Waals surface area (Å²) >= 11 is 6.02. The maximum Gasteiger partial charge on any atom is 0.317 e. The Kier molecular flexibility index (Phi) is 8.78. The number of likely N-dealkylation sites (N-methyl/N-ethyl adjacent to an activating group) is 1. The molecule has 1 fully saturated rings. The van der Waals surface area contributed by atoms with Gasteiger partial charge in [0.1, 0.15) is 5.82 Å². The fourth-order valence-corrected chi connectivity index (χ4v) is 4.42. The predicted octanol–water partition coefficient (Wildman–Crippen LogP) is 5.55. The predicted molar refractivity (Wildman–Crippen MR) is 128 cm³/mol. The molecule has 182 valence electrons. The van der Waals surface area contributed by atoms with E-state index < -0.39 is 19.9 Å². The maximum absolute atomic E-state index is 13.7. The van der Waals surface area contributed by atoms with Gasteiger partial charge in [0.2, 0.25) is 0 Å². The molecular weight excluding hydrogens is 451 g/mol. The summed E-state index contributed by atoms with van der Waals surface area (Å²) in [5.41, 5.74) is 0.525. The minimum absolute atomic E-state index is 0.0204. The molecule has 1 aliphatic rings. The van der Waals surface area contributed by atoms with Crippen LogP contribution in [0.15, 0.2) is 18.2 Å². The summed E-state index contributed by atoms with van der Waals surface area (Å²) in [6, 6.07) is 4.05. The van der Waals surface area contributed by atoms with Gasteiger partial charge in [0.05, 0.1) is 30.4 Å². The maximum atomic E-state index is 13.7. The van der Waals surface area contributed by atoms with Gasteiger partial charge in [0.15, 0.2) is 14.1 Å². The van der Waals surface area contributed by atoms with Crippen LogP contribution in [-0.4, -0.2) is 57.4 Å². The zero-order chi connectivity index (χ0) is 24.3. The van der Waals surface area contributed by atoms with Crippen LogP contribution in [0.5, 0.6) is 0 Å². The zero-order valence-electron chi connectivity index (χ0n) is 20.6. The van der Waals surface area contributed by atoms with Gasteiger partial charge in [-0.25, -0.2) is 9.18 Å². The number of halogens is 2. The van der Waals surface area contributed by atoms with Crippen LogP contribution in [0, 0.1) is 5.82 Å². The third kappa shape index (κ3) is 7.15. The molecule has 1 aliphatic heterocycles. The first-order valence-corrected chi connectivity index (χ1v) is 14.3. The third-order valence-electron chi connectivity index (χ3n) is 6.37. The molecule has 1 N–H and O–H groups in total. The number of carbonyl (C=O) groups excluding carboxylic acids is 1. The smallest absolute Gasteiger partial charge is 0.317 e. The Bertz CT molecular complexity index is 801. The highest BCUT2D eigenvalue weighted by molar-refractivity contribution is 6.74. The number of hydrogen-bond acceptors (Lipinski definition) is 4. The summed E-state index contributed by atoms with van der Waals surface area (Å²) in [5, 5.41) is 2.91. The van der Waals surface area contributed by atoms with Gasteiger partial charge in [-0.2, -0.15) is 0 Å². The van der Waals surface area contributed by atoms with Crippen molar-refractivity contribution in [3.05, 3.63) is 34.6 Å². The summed E-state index contributed by atoms with van der Waals surface area (Å²) in [4.78, 5) is 14.6. The normalized spacial score (nSPS) is 19.6. The minimum atomic E-state index is -2.01. The Morgan fingerprint density at radius 3 is 2.62 bits per heavy atom. The minimum Gasteiger partial charge on any atom is -0.415 e. The SMILES string of the molecule is CN(C(=O)NCc1cccc(F)c1Cl)C(CO[Si](C)(C)C(C)(C)C)CC1COC(C)(C)O1. The lowest BCUT2D eigenvalue weighted by molar-refractivity contribution is -0.140. The first kappa shape index (κ1) is 27.1. The molecule has 0 radical (unpaired) electrons. The van der Waals surface area contributed by atoms with Crippen molar-refractivity contribution >= 4 is 25.9 Å². The highest BCUT2D eigenvalue weighted by atomic mass is 35.5. The number of ether oxygens (including phenoxy) is 2. The van der Waals surface area contributed by atoms with Crippen LogP contribution in [0.25, 0.3) is 0 Å². The standard InChI is InChI=1S/C23H38ClFN2O4Si/c1-22(2,3)32(7,8)30-14-17(12-18-15-29-23(4,5)31-18)27(6)21(28)26-13-16-10-9-11-19(25)20(16)24/h9-11,17-18H,12-15H2,1-8H3,(H,26,28). The van der Waals surface area contributed by atoms with E-state index in [9.17, 15) is 9.18 Å². The van der Waals surface area contributed by atoms with Crippen molar-refractivity contribution in [2.75, 3.05) is 20.3 Å². The highest BCUT2D eigenvalue weighted by Crippen LogP contribution is 2.37. The van der Waals surface area contributed by atoms with E-state index in [1.54, 1.807) is 24.1 Å². The Morgan fingerprint density at radius 2 is 2.06 bits per heavy atom.